The van der Waals surface area contributed by atoms with E-state index in [9.17, 15) is 14.4 Å². The van der Waals surface area contributed by atoms with Crippen LogP contribution in [-0.2, 0) is 16.1 Å². The van der Waals surface area contributed by atoms with Crippen molar-refractivity contribution < 1.29 is 19.5 Å². The van der Waals surface area contributed by atoms with E-state index in [1.165, 1.54) is 0 Å². The van der Waals surface area contributed by atoms with Crippen LogP contribution in [0.2, 0.25) is 0 Å². The second-order valence-corrected chi connectivity index (χ2v) is 4.32. The minimum atomic E-state index is -1.21. The Morgan fingerprint density at radius 1 is 1.38 bits per heavy atom. The number of aliphatic carboxylic acids is 1. The van der Waals surface area contributed by atoms with Gasteiger partial charge >= 0.3 is 12.0 Å². The first-order valence-corrected chi connectivity index (χ1v) is 6.38. The molecule has 0 saturated carbocycles. The minimum absolute atomic E-state index is 0.0446. The number of hydrogen-bond acceptors (Lipinski definition) is 5. The van der Waals surface area contributed by atoms with Crippen LogP contribution in [0.3, 0.4) is 0 Å². The molecule has 3 amide bonds. The topological polar surface area (TPSA) is 152 Å². The van der Waals surface area contributed by atoms with Gasteiger partial charge in [0.25, 0.3) is 0 Å². The van der Waals surface area contributed by atoms with Crippen molar-refractivity contribution >= 4 is 17.9 Å². The number of carbonyl (C=O) groups is 3. The summed E-state index contributed by atoms with van der Waals surface area (Å²) in [7, 11) is 0. The van der Waals surface area contributed by atoms with Crippen molar-refractivity contribution in [3.63, 3.8) is 0 Å². The third kappa shape index (κ3) is 6.89. The Morgan fingerprint density at radius 3 is 2.71 bits per heavy atom. The number of primary amides is 1. The third-order valence-electron chi connectivity index (χ3n) is 2.60. The molecule has 0 aliphatic carbocycles. The molecule has 10 heteroatoms. The molecule has 1 atom stereocenters. The number of hydrogen-bond donors (Lipinski definition) is 4. The van der Waals surface area contributed by atoms with Crippen LogP contribution in [-0.4, -0.2) is 50.6 Å². The van der Waals surface area contributed by atoms with Crippen molar-refractivity contribution in [2.75, 3.05) is 6.54 Å². The zero-order valence-electron chi connectivity index (χ0n) is 11.4. The SMILES string of the molecule is NC(=O)CC[C@H](NC(=O)NCCCn1ccnn1)C(=O)O. The van der Waals surface area contributed by atoms with Crippen molar-refractivity contribution in [2.45, 2.75) is 31.8 Å². The lowest BCUT2D eigenvalue weighted by Crippen LogP contribution is -2.46. The number of carbonyl (C=O) groups excluding carboxylic acids is 2. The molecule has 0 aromatic carbocycles. The van der Waals surface area contributed by atoms with Gasteiger partial charge in [0.1, 0.15) is 6.04 Å². The van der Waals surface area contributed by atoms with E-state index in [-0.39, 0.29) is 12.8 Å². The van der Waals surface area contributed by atoms with E-state index in [4.69, 9.17) is 10.8 Å². The highest BCUT2D eigenvalue weighted by molar-refractivity contribution is 5.83. The smallest absolute Gasteiger partial charge is 0.326 e. The molecule has 0 unspecified atom stereocenters. The van der Waals surface area contributed by atoms with Crippen molar-refractivity contribution in [3.05, 3.63) is 12.4 Å². The second-order valence-electron chi connectivity index (χ2n) is 4.32. The Morgan fingerprint density at radius 2 is 2.14 bits per heavy atom. The molecule has 5 N–H and O–H groups in total. The van der Waals surface area contributed by atoms with E-state index in [2.05, 4.69) is 20.9 Å². The number of urea groups is 1. The molecule has 1 heterocycles. The number of nitrogens with two attached hydrogens (primary N) is 1. The van der Waals surface area contributed by atoms with Gasteiger partial charge in [-0.15, -0.1) is 5.10 Å². The highest BCUT2D eigenvalue weighted by atomic mass is 16.4. The average molecular weight is 298 g/mol. The largest absolute Gasteiger partial charge is 0.480 e. The summed E-state index contributed by atoms with van der Waals surface area (Å²) >= 11 is 0. The fourth-order valence-corrected chi connectivity index (χ4v) is 1.55. The van der Waals surface area contributed by atoms with E-state index in [0.29, 0.717) is 19.5 Å². The van der Waals surface area contributed by atoms with Gasteiger partial charge in [0, 0.05) is 25.7 Å². The summed E-state index contributed by atoms with van der Waals surface area (Å²) in [6.45, 7) is 0.943. The summed E-state index contributed by atoms with van der Waals surface area (Å²) < 4.78 is 1.62. The van der Waals surface area contributed by atoms with Gasteiger partial charge < -0.3 is 21.5 Å². The van der Waals surface area contributed by atoms with Crippen LogP contribution in [0.5, 0.6) is 0 Å². The van der Waals surface area contributed by atoms with Gasteiger partial charge in [0.2, 0.25) is 5.91 Å². The van der Waals surface area contributed by atoms with Crippen LogP contribution in [0.1, 0.15) is 19.3 Å². The first kappa shape index (κ1) is 16.4. The molecule has 0 saturated heterocycles. The van der Waals surface area contributed by atoms with E-state index in [0.717, 1.165) is 0 Å². The number of amides is 3. The molecule has 1 aromatic heterocycles. The van der Waals surface area contributed by atoms with Crippen molar-refractivity contribution in [1.29, 1.82) is 0 Å². The summed E-state index contributed by atoms with van der Waals surface area (Å²) in [5, 5.41) is 21.1. The zero-order valence-corrected chi connectivity index (χ0v) is 11.4. The summed E-state index contributed by atoms with van der Waals surface area (Å²) in [5.41, 5.74) is 4.94. The summed E-state index contributed by atoms with van der Waals surface area (Å²) in [6, 6.07) is -1.75. The number of nitrogens with zero attached hydrogens (tertiary/aromatic N) is 3. The number of rotatable bonds is 9. The Balaban J connectivity index is 2.23. The van der Waals surface area contributed by atoms with Crippen LogP contribution in [0.25, 0.3) is 0 Å². The predicted molar refractivity (Wildman–Crippen MR) is 71.0 cm³/mol. The standard InChI is InChI=1S/C11H18N6O4/c12-9(18)3-2-8(10(19)20)15-11(21)13-4-1-6-17-7-5-14-16-17/h5,7-8H,1-4,6H2,(H2,12,18)(H,19,20)(H2,13,15,21)/t8-/m0/s1. The van der Waals surface area contributed by atoms with Crippen molar-refractivity contribution in [3.8, 4) is 0 Å². The normalized spacial score (nSPS) is 11.6. The molecule has 0 aliphatic rings. The van der Waals surface area contributed by atoms with Crippen LogP contribution >= 0.6 is 0 Å². The maximum atomic E-state index is 11.5. The first-order valence-electron chi connectivity index (χ1n) is 6.38. The molecule has 1 aromatic rings. The molecule has 1 rings (SSSR count). The fourth-order valence-electron chi connectivity index (χ4n) is 1.55. The molecule has 116 valence electrons. The maximum Gasteiger partial charge on any atom is 0.326 e. The predicted octanol–water partition coefficient (Wildman–Crippen LogP) is -1.31. The number of nitrogens with one attached hydrogen (secondary N) is 2. The maximum absolute atomic E-state index is 11.5. The molecule has 0 radical (unpaired) electrons. The van der Waals surface area contributed by atoms with Crippen LogP contribution in [0, 0.1) is 0 Å². The van der Waals surface area contributed by atoms with Gasteiger partial charge in [0.15, 0.2) is 0 Å². The highest BCUT2D eigenvalue weighted by Gasteiger charge is 2.20. The van der Waals surface area contributed by atoms with Gasteiger partial charge in [-0.1, -0.05) is 5.21 Å². The molecule has 21 heavy (non-hydrogen) atoms. The van der Waals surface area contributed by atoms with E-state index in [1.54, 1.807) is 17.1 Å². The van der Waals surface area contributed by atoms with Crippen LogP contribution in [0.4, 0.5) is 4.79 Å². The quantitative estimate of drug-likeness (QED) is 0.415. The number of carboxylic acid groups (broad SMARTS) is 1. The van der Waals surface area contributed by atoms with Crippen molar-refractivity contribution in [1.82, 2.24) is 25.6 Å². The second kappa shape index (κ2) is 8.51. The molecule has 0 aliphatic heterocycles. The first-order chi connectivity index (χ1) is 9.99. The summed E-state index contributed by atoms with van der Waals surface area (Å²) in [5.74, 6) is -1.83. The molecular formula is C11H18N6O4. The van der Waals surface area contributed by atoms with E-state index in [1.807, 2.05) is 0 Å². The average Bonchev–Trinajstić information content (AvgIpc) is 2.92. The van der Waals surface area contributed by atoms with Gasteiger partial charge in [-0.25, -0.2) is 9.59 Å². The zero-order chi connectivity index (χ0) is 15.7. The Labute approximate surface area is 120 Å². The van der Waals surface area contributed by atoms with Crippen LogP contribution < -0.4 is 16.4 Å². The van der Waals surface area contributed by atoms with Gasteiger partial charge in [-0.05, 0) is 12.8 Å². The molecular weight excluding hydrogens is 280 g/mol. The Kier molecular flexibility index (Phi) is 6.65. The van der Waals surface area contributed by atoms with Gasteiger partial charge in [-0.2, -0.15) is 0 Å². The summed E-state index contributed by atoms with van der Waals surface area (Å²) in [4.78, 5) is 33.1. The Hall–Kier alpha value is -2.65. The van der Waals surface area contributed by atoms with E-state index >= 15 is 0 Å². The van der Waals surface area contributed by atoms with Crippen molar-refractivity contribution in [2.24, 2.45) is 5.73 Å². The number of carboxylic acids is 1. The number of aryl methyl sites for hydroxylation is 1. The van der Waals surface area contributed by atoms with Gasteiger partial charge in [-0.3, -0.25) is 9.48 Å². The van der Waals surface area contributed by atoms with Crippen LogP contribution in [0.15, 0.2) is 12.4 Å². The minimum Gasteiger partial charge on any atom is -0.480 e. The molecule has 0 fully saturated rings. The monoisotopic (exact) mass is 298 g/mol. The fraction of sp³-hybridized carbons (Fsp3) is 0.545. The Bertz CT molecular complexity index is 475. The number of aromatic nitrogens is 3. The van der Waals surface area contributed by atoms with E-state index < -0.39 is 23.9 Å². The molecule has 0 bridgehead atoms. The molecule has 10 nitrogen and oxygen atoms in total. The lowest BCUT2D eigenvalue weighted by atomic mass is 10.1. The summed E-state index contributed by atoms with van der Waals surface area (Å²) in [6.07, 6.45) is 3.72. The lowest BCUT2D eigenvalue weighted by molar-refractivity contribution is -0.139. The molecule has 0 spiro atoms. The highest BCUT2D eigenvalue weighted by Crippen LogP contribution is 1.97. The van der Waals surface area contributed by atoms with Gasteiger partial charge in [0.05, 0.1) is 6.20 Å². The third-order valence-corrected chi connectivity index (χ3v) is 2.60. The lowest BCUT2D eigenvalue weighted by Gasteiger charge is -2.14.